The molecule has 0 bridgehead atoms. The molecule has 162 valence electrons. The Kier molecular flexibility index (Phi) is 6.79. The van der Waals surface area contributed by atoms with Crippen molar-refractivity contribution in [2.45, 2.75) is 33.4 Å². The van der Waals surface area contributed by atoms with Crippen LogP contribution in [0.5, 0.6) is 0 Å². The van der Waals surface area contributed by atoms with Crippen molar-refractivity contribution in [2.24, 2.45) is 5.92 Å². The number of H-pyrrole nitrogens is 1. The van der Waals surface area contributed by atoms with Crippen molar-refractivity contribution in [3.05, 3.63) is 76.1 Å². The van der Waals surface area contributed by atoms with Gasteiger partial charge in [-0.25, -0.2) is 9.37 Å². The minimum atomic E-state index is -0.862. The highest BCUT2D eigenvalue weighted by Gasteiger charge is 2.29. The molecule has 0 aliphatic heterocycles. The van der Waals surface area contributed by atoms with Crippen LogP contribution in [0.1, 0.15) is 37.0 Å². The van der Waals surface area contributed by atoms with Crippen LogP contribution in [0.2, 0.25) is 0 Å². The van der Waals surface area contributed by atoms with Gasteiger partial charge in [0.15, 0.2) is 0 Å². The number of fused-ring (bicyclic) bond motifs is 1. The second kappa shape index (κ2) is 9.51. The number of aromatic nitrogens is 2. The van der Waals surface area contributed by atoms with Gasteiger partial charge in [0.1, 0.15) is 17.7 Å². The Balaban J connectivity index is 1.82. The number of halogens is 1. The molecule has 7 nitrogen and oxygen atoms in total. The lowest BCUT2D eigenvalue weighted by Crippen LogP contribution is -2.51. The number of para-hydroxylation sites is 1. The molecule has 8 heteroatoms. The molecule has 2 aromatic carbocycles. The van der Waals surface area contributed by atoms with E-state index in [9.17, 15) is 18.8 Å². The summed E-state index contributed by atoms with van der Waals surface area (Å²) in [6, 6.07) is 11.7. The third-order valence-electron chi connectivity index (χ3n) is 5.03. The predicted octanol–water partition coefficient (Wildman–Crippen LogP) is 2.87. The van der Waals surface area contributed by atoms with Gasteiger partial charge in [-0.3, -0.25) is 14.4 Å². The summed E-state index contributed by atoms with van der Waals surface area (Å²) in [6.45, 7) is 5.82. The number of hydrogen-bond acceptors (Lipinski definition) is 4. The number of benzene rings is 2. The van der Waals surface area contributed by atoms with Crippen LogP contribution in [0.15, 0.2) is 53.3 Å². The summed E-state index contributed by atoms with van der Waals surface area (Å²) in [5, 5.41) is 3.12. The van der Waals surface area contributed by atoms with Crippen LogP contribution in [0.4, 0.5) is 4.39 Å². The second-order valence-corrected chi connectivity index (χ2v) is 7.56. The van der Waals surface area contributed by atoms with Crippen LogP contribution in [0.25, 0.3) is 10.9 Å². The number of nitrogens with one attached hydrogen (secondary N) is 2. The fourth-order valence-electron chi connectivity index (χ4n) is 3.31. The van der Waals surface area contributed by atoms with Gasteiger partial charge in [-0.1, -0.05) is 38.1 Å². The maximum absolute atomic E-state index is 14.0. The second-order valence-electron chi connectivity index (χ2n) is 7.56. The molecule has 31 heavy (non-hydrogen) atoms. The summed E-state index contributed by atoms with van der Waals surface area (Å²) < 4.78 is 14.0. The third-order valence-corrected chi connectivity index (χ3v) is 5.03. The van der Waals surface area contributed by atoms with Crippen LogP contribution >= 0.6 is 0 Å². The van der Waals surface area contributed by atoms with Crippen LogP contribution < -0.4 is 10.9 Å². The summed E-state index contributed by atoms with van der Waals surface area (Å²) in [5.41, 5.74) is 0.139. The van der Waals surface area contributed by atoms with Gasteiger partial charge in [0.2, 0.25) is 5.91 Å². The van der Waals surface area contributed by atoms with E-state index in [0.29, 0.717) is 23.3 Å². The summed E-state index contributed by atoms with van der Waals surface area (Å²) in [4.78, 5) is 46.8. The first-order chi connectivity index (χ1) is 14.8. The third kappa shape index (κ3) is 4.96. The van der Waals surface area contributed by atoms with E-state index in [2.05, 4.69) is 15.3 Å². The Hall–Kier alpha value is -3.55. The van der Waals surface area contributed by atoms with Crippen molar-refractivity contribution >= 4 is 22.7 Å². The summed E-state index contributed by atoms with van der Waals surface area (Å²) in [6.07, 6.45) is 0. The molecule has 2 amide bonds. The van der Waals surface area contributed by atoms with Crippen molar-refractivity contribution in [1.82, 2.24) is 20.2 Å². The minimum absolute atomic E-state index is 0.0776. The molecule has 2 N–H and O–H groups in total. The lowest BCUT2D eigenvalue weighted by atomic mass is 10.0. The lowest BCUT2D eigenvalue weighted by molar-refractivity contribution is -0.134. The molecule has 0 saturated carbocycles. The molecule has 0 radical (unpaired) electrons. The lowest BCUT2D eigenvalue weighted by Gasteiger charge is -2.29. The van der Waals surface area contributed by atoms with E-state index in [1.807, 2.05) is 0 Å². The van der Waals surface area contributed by atoms with Crippen LogP contribution in [0.3, 0.4) is 0 Å². The molecular weight excluding hydrogens is 399 g/mol. The molecule has 3 aromatic rings. The van der Waals surface area contributed by atoms with E-state index < -0.39 is 17.8 Å². The number of carbonyl (C=O) groups is 2. The van der Waals surface area contributed by atoms with Gasteiger partial charge < -0.3 is 15.2 Å². The van der Waals surface area contributed by atoms with Gasteiger partial charge in [0.25, 0.3) is 11.5 Å². The van der Waals surface area contributed by atoms with E-state index >= 15 is 0 Å². The zero-order chi connectivity index (χ0) is 22.5. The molecule has 0 spiro atoms. The van der Waals surface area contributed by atoms with Crippen molar-refractivity contribution in [3.63, 3.8) is 0 Å². The predicted molar refractivity (Wildman–Crippen MR) is 116 cm³/mol. The number of nitrogens with zero attached hydrogens (tertiary/aromatic N) is 2. The summed E-state index contributed by atoms with van der Waals surface area (Å²) in [7, 11) is 0. The Morgan fingerprint density at radius 3 is 2.48 bits per heavy atom. The van der Waals surface area contributed by atoms with E-state index in [4.69, 9.17) is 0 Å². The summed E-state index contributed by atoms with van der Waals surface area (Å²) in [5.74, 6) is -1.53. The smallest absolute Gasteiger partial charge is 0.258 e. The maximum atomic E-state index is 14.0. The fourth-order valence-corrected chi connectivity index (χ4v) is 3.31. The molecule has 0 aliphatic rings. The standard InChI is InChI=1S/C23H25FN4O3/c1-4-28(13-19-25-18-12-8-6-10-16(18)22(30)26-19)23(31)20(14(2)3)27-21(29)15-9-5-7-11-17(15)24/h5-12,14,20H,4,13H2,1-3H3,(H,27,29)(H,25,26,30). The molecule has 1 unspecified atom stereocenters. The fraction of sp³-hybridized carbons (Fsp3) is 0.304. The van der Waals surface area contributed by atoms with E-state index in [-0.39, 0.29) is 29.5 Å². The van der Waals surface area contributed by atoms with Gasteiger partial charge in [0, 0.05) is 6.54 Å². The average Bonchev–Trinajstić information content (AvgIpc) is 2.75. The van der Waals surface area contributed by atoms with Gasteiger partial charge in [-0.05, 0) is 37.1 Å². The molecule has 1 heterocycles. The molecular formula is C23H25FN4O3. The molecule has 3 rings (SSSR count). The Labute approximate surface area is 179 Å². The van der Waals surface area contributed by atoms with Gasteiger partial charge in [0.05, 0.1) is 23.0 Å². The number of likely N-dealkylation sites (N-methyl/N-ethyl adjacent to an activating group) is 1. The van der Waals surface area contributed by atoms with Crippen LogP contribution in [-0.4, -0.2) is 39.3 Å². The van der Waals surface area contributed by atoms with Crippen molar-refractivity contribution in [1.29, 1.82) is 0 Å². The molecule has 0 aliphatic carbocycles. The summed E-state index contributed by atoms with van der Waals surface area (Å²) >= 11 is 0. The molecule has 1 atom stereocenters. The SMILES string of the molecule is CCN(Cc1nc2ccccc2c(=O)[nH]1)C(=O)C(NC(=O)c1ccccc1F)C(C)C. The Bertz CT molecular complexity index is 1160. The molecule has 0 saturated heterocycles. The van der Waals surface area contributed by atoms with E-state index in [0.717, 1.165) is 0 Å². The number of hydrogen-bond donors (Lipinski definition) is 2. The zero-order valence-corrected chi connectivity index (χ0v) is 17.7. The van der Waals surface area contributed by atoms with Gasteiger partial charge in [-0.2, -0.15) is 0 Å². The van der Waals surface area contributed by atoms with Crippen molar-refractivity contribution in [3.8, 4) is 0 Å². The zero-order valence-electron chi connectivity index (χ0n) is 17.7. The first kappa shape index (κ1) is 22.1. The number of rotatable bonds is 7. The number of carbonyl (C=O) groups excluding carboxylic acids is 2. The van der Waals surface area contributed by atoms with Gasteiger partial charge >= 0.3 is 0 Å². The quantitative estimate of drug-likeness (QED) is 0.610. The van der Waals surface area contributed by atoms with E-state index in [1.165, 1.54) is 23.1 Å². The van der Waals surface area contributed by atoms with Crippen molar-refractivity contribution in [2.75, 3.05) is 6.54 Å². The maximum Gasteiger partial charge on any atom is 0.258 e. The van der Waals surface area contributed by atoms with Crippen LogP contribution in [0, 0.1) is 11.7 Å². The normalized spacial score (nSPS) is 12.0. The first-order valence-electron chi connectivity index (χ1n) is 10.1. The van der Waals surface area contributed by atoms with Crippen molar-refractivity contribution < 1.29 is 14.0 Å². The Morgan fingerprint density at radius 2 is 1.81 bits per heavy atom. The highest BCUT2D eigenvalue weighted by Crippen LogP contribution is 2.13. The topological polar surface area (TPSA) is 95.2 Å². The molecule has 0 fully saturated rings. The van der Waals surface area contributed by atoms with E-state index in [1.54, 1.807) is 51.1 Å². The first-order valence-corrected chi connectivity index (χ1v) is 10.1. The highest BCUT2D eigenvalue weighted by atomic mass is 19.1. The number of amides is 2. The highest BCUT2D eigenvalue weighted by molar-refractivity contribution is 5.97. The average molecular weight is 424 g/mol. The monoisotopic (exact) mass is 424 g/mol. The van der Waals surface area contributed by atoms with Gasteiger partial charge in [-0.15, -0.1) is 0 Å². The number of aromatic amines is 1. The Morgan fingerprint density at radius 1 is 1.13 bits per heavy atom. The van der Waals surface area contributed by atoms with Crippen LogP contribution in [-0.2, 0) is 11.3 Å². The largest absolute Gasteiger partial charge is 0.340 e. The molecule has 1 aromatic heterocycles. The minimum Gasteiger partial charge on any atom is -0.340 e.